The molecule has 2 aliphatic rings. The number of imidazole rings is 1. The zero-order valence-corrected chi connectivity index (χ0v) is 23.5. The molecule has 0 atom stereocenters. The van der Waals surface area contributed by atoms with Gasteiger partial charge in [0.25, 0.3) is 11.8 Å². The molecule has 1 aliphatic heterocycles. The first-order valence-corrected chi connectivity index (χ1v) is 14.6. The lowest BCUT2D eigenvalue weighted by Gasteiger charge is -2.25. The van der Waals surface area contributed by atoms with Gasteiger partial charge in [0.05, 0.1) is 12.8 Å². The van der Waals surface area contributed by atoms with Crippen molar-refractivity contribution in [2.45, 2.75) is 38.6 Å². The predicted molar refractivity (Wildman–Crippen MR) is 157 cm³/mol. The zero-order chi connectivity index (χ0) is 28.9. The molecule has 4 aromatic rings. The average Bonchev–Trinajstić information content (AvgIpc) is 3.79. The number of carbonyl (C=O) groups is 3. The summed E-state index contributed by atoms with van der Waals surface area (Å²) in [4.78, 5) is 47.7. The Labute approximate surface area is 244 Å². The van der Waals surface area contributed by atoms with Gasteiger partial charge in [-0.2, -0.15) is 0 Å². The van der Waals surface area contributed by atoms with Crippen molar-refractivity contribution in [3.8, 4) is 17.1 Å². The fourth-order valence-electron chi connectivity index (χ4n) is 5.83. The number of aromatic nitrogens is 2. The second-order valence-corrected chi connectivity index (χ2v) is 10.7. The van der Waals surface area contributed by atoms with Crippen molar-refractivity contribution in [1.29, 1.82) is 0 Å². The van der Waals surface area contributed by atoms with Gasteiger partial charge < -0.3 is 23.5 Å². The van der Waals surface area contributed by atoms with Crippen molar-refractivity contribution in [2.75, 3.05) is 32.8 Å². The molecule has 1 aliphatic carbocycles. The van der Waals surface area contributed by atoms with E-state index in [9.17, 15) is 14.4 Å². The standard InChI is InChI=1S/C33H34N4O5/c38-29-13-12-26-27(29)9-4-10-28(26)32(39)36-15-1-2-16-37(33(40)30-11-5-21-42-30)20-22-41-25-8-3-7-24(23-25)31-34-14-19-35(31)17-6-18-36/h3-5,7-11,14,19,21,23H,1-2,6,12-13,15-18,20,22H2. The number of fused-ring (bicyclic) bond motifs is 5. The van der Waals surface area contributed by atoms with Crippen LogP contribution in [0.3, 0.4) is 0 Å². The average molecular weight is 567 g/mol. The van der Waals surface area contributed by atoms with Crippen LogP contribution in [-0.2, 0) is 13.0 Å². The number of hydrogen-bond acceptors (Lipinski definition) is 6. The molecule has 0 saturated heterocycles. The molecule has 0 spiro atoms. The third-order valence-electron chi connectivity index (χ3n) is 7.99. The van der Waals surface area contributed by atoms with Crippen LogP contribution >= 0.6 is 0 Å². The first-order valence-electron chi connectivity index (χ1n) is 14.6. The van der Waals surface area contributed by atoms with Crippen LogP contribution in [0, 0.1) is 0 Å². The van der Waals surface area contributed by atoms with Crippen molar-refractivity contribution in [1.82, 2.24) is 19.4 Å². The summed E-state index contributed by atoms with van der Waals surface area (Å²) >= 11 is 0. The largest absolute Gasteiger partial charge is 0.492 e. The van der Waals surface area contributed by atoms with Crippen LogP contribution in [0.1, 0.15) is 62.5 Å². The molecule has 3 heterocycles. The molecule has 42 heavy (non-hydrogen) atoms. The summed E-state index contributed by atoms with van der Waals surface area (Å²) in [7, 11) is 0. The number of hydrogen-bond donors (Lipinski definition) is 0. The molecule has 0 fully saturated rings. The maximum atomic E-state index is 13.9. The van der Waals surface area contributed by atoms with Crippen molar-refractivity contribution in [3.63, 3.8) is 0 Å². The molecule has 2 aromatic heterocycles. The minimum atomic E-state index is -0.185. The van der Waals surface area contributed by atoms with Gasteiger partial charge in [0, 0.05) is 61.7 Å². The van der Waals surface area contributed by atoms with Crippen LogP contribution in [0.15, 0.2) is 77.7 Å². The predicted octanol–water partition coefficient (Wildman–Crippen LogP) is 5.12. The highest BCUT2D eigenvalue weighted by atomic mass is 16.5. The van der Waals surface area contributed by atoms with E-state index in [0.29, 0.717) is 81.2 Å². The Bertz CT molecular complexity index is 1570. The van der Waals surface area contributed by atoms with Crippen LogP contribution in [0.2, 0.25) is 0 Å². The minimum absolute atomic E-state index is 0.0464. The van der Waals surface area contributed by atoms with E-state index in [1.165, 1.54) is 6.26 Å². The molecule has 216 valence electrons. The summed E-state index contributed by atoms with van der Waals surface area (Å²) in [5.41, 5.74) is 3.09. The molecule has 6 rings (SSSR count). The van der Waals surface area contributed by atoms with E-state index in [1.54, 1.807) is 29.3 Å². The molecule has 9 heteroatoms. The molecule has 0 saturated carbocycles. The number of ether oxygens (including phenoxy) is 1. The number of nitrogens with zero attached hydrogens (tertiary/aromatic N) is 4. The molecule has 0 radical (unpaired) electrons. The SMILES string of the molecule is O=C1CCc2c1cccc2C(=O)N1CCCCN(C(=O)c2ccco2)CCOc2cccc(c2)-c2nccn2CCC1. The topological polar surface area (TPSA) is 97.9 Å². The molecule has 9 nitrogen and oxygen atoms in total. The summed E-state index contributed by atoms with van der Waals surface area (Å²) in [6.07, 6.45) is 8.46. The van der Waals surface area contributed by atoms with Crippen molar-refractivity contribution in [2.24, 2.45) is 0 Å². The lowest BCUT2D eigenvalue weighted by atomic mass is 10.0. The van der Waals surface area contributed by atoms with Crippen LogP contribution in [0.5, 0.6) is 5.75 Å². The number of furan rings is 1. The number of Topliss-reactive ketones (excluding diaryl/α,β-unsaturated/α-hetero) is 1. The van der Waals surface area contributed by atoms with Crippen LogP contribution < -0.4 is 4.74 Å². The first kappa shape index (κ1) is 27.5. The fourth-order valence-corrected chi connectivity index (χ4v) is 5.83. The van der Waals surface area contributed by atoms with E-state index < -0.39 is 0 Å². The van der Waals surface area contributed by atoms with Gasteiger partial charge in [0.15, 0.2) is 11.5 Å². The first-order chi connectivity index (χ1) is 20.6. The normalized spacial score (nSPS) is 16.3. The molecular weight excluding hydrogens is 532 g/mol. The molecule has 2 bridgehead atoms. The summed E-state index contributed by atoms with van der Waals surface area (Å²) in [6, 6.07) is 16.6. The van der Waals surface area contributed by atoms with Crippen LogP contribution in [0.25, 0.3) is 11.4 Å². The van der Waals surface area contributed by atoms with E-state index in [4.69, 9.17) is 9.15 Å². The third-order valence-corrected chi connectivity index (χ3v) is 7.99. The van der Waals surface area contributed by atoms with Gasteiger partial charge >= 0.3 is 0 Å². The number of rotatable bonds is 2. The van der Waals surface area contributed by atoms with E-state index in [-0.39, 0.29) is 17.6 Å². The Morgan fingerprint density at radius 1 is 0.810 bits per heavy atom. The lowest BCUT2D eigenvalue weighted by Crippen LogP contribution is -2.37. The van der Waals surface area contributed by atoms with Gasteiger partial charge in [-0.1, -0.05) is 24.3 Å². The summed E-state index contributed by atoms with van der Waals surface area (Å²) in [5, 5.41) is 0. The van der Waals surface area contributed by atoms with Gasteiger partial charge in [-0.3, -0.25) is 14.4 Å². The van der Waals surface area contributed by atoms with Gasteiger partial charge in [-0.25, -0.2) is 4.98 Å². The molecular formula is C33H34N4O5. The van der Waals surface area contributed by atoms with Gasteiger partial charge in [-0.15, -0.1) is 0 Å². The Kier molecular flexibility index (Phi) is 8.16. The number of ketones is 1. The van der Waals surface area contributed by atoms with Gasteiger partial charge in [-0.05, 0) is 61.6 Å². The Hall–Kier alpha value is -4.66. The summed E-state index contributed by atoms with van der Waals surface area (Å²) in [6.45, 7) is 3.04. The Balaban J connectivity index is 1.26. The Morgan fingerprint density at radius 3 is 2.45 bits per heavy atom. The molecule has 2 amide bonds. The van der Waals surface area contributed by atoms with E-state index in [1.807, 2.05) is 47.5 Å². The maximum absolute atomic E-state index is 13.9. The van der Waals surface area contributed by atoms with Crippen molar-refractivity contribution >= 4 is 17.6 Å². The van der Waals surface area contributed by atoms with Crippen LogP contribution in [0.4, 0.5) is 0 Å². The second-order valence-electron chi connectivity index (χ2n) is 10.7. The number of carbonyl (C=O) groups excluding carboxylic acids is 3. The van der Waals surface area contributed by atoms with E-state index in [2.05, 4.69) is 9.55 Å². The smallest absolute Gasteiger partial charge is 0.289 e. The fraction of sp³-hybridized carbons (Fsp3) is 0.333. The number of aryl methyl sites for hydroxylation is 1. The number of amides is 2. The summed E-state index contributed by atoms with van der Waals surface area (Å²) in [5.74, 6) is 1.70. The second kappa shape index (κ2) is 12.5. The van der Waals surface area contributed by atoms with Crippen LogP contribution in [-0.4, -0.2) is 69.7 Å². The maximum Gasteiger partial charge on any atom is 0.289 e. The van der Waals surface area contributed by atoms with Crippen molar-refractivity contribution in [3.05, 3.63) is 95.7 Å². The third kappa shape index (κ3) is 5.86. The number of benzene rings is 2. The highest BCUT2D eigenvalue weighted by Gasteiger charge is 2.27. The van der Waals surface area contributed by atoms with Crippen molar-refractivity contribution < 1.29 is 23.5 Å². The van der Waals surface area contributed by atoms with Gasteiger partial charge in [0.2, 0.25) is 0 Å². The Morgan fingerprint density at radius 2 is 1.62 bits per heavy atom. The molecule has 2 aromatic carbocycles. The quantitative estimate of drug-likeness (QED) is 0.334. The highest BCUT2D eigenvalue weighted by molar-refractivity contribution is 6.05. The van der Waals surface area contributed by atoms with Gasteiger partial charge in [0.1, 0.15) is 18.2 Å². The lowest BCUT2D eigenvalue weighted by molar-refractivity contribution is 0.0680. The molecule has 0 N–H and O–H groups in total. The highest BCUT2D eigenvalue weighted by Crippen LogP contribution is 2.27. The summed E-state index contributed by atoms with van der Waals surface area (Å²) < 4.78 is 13.6. The van der Waals surface area contributed by atoms with E-state index in [0.717, 1.165) is 29.8 Å². The minimum Gasteiger partial charge on any atom is -0.492 e. The molecule has 0 unspecified atom stereocenters. The zero-order valence-electron chi connectivity index (χ0n) is 23.5. The monoisotopic (exact) mass is 566 g/mol. The van der Waals surface area contributed by atoms with E-state index >= 15 is 0 Å².